The number of hydrogen-bond donors (Lipinski definition) is 1. The highest BCUT2D eigenvalue weighted by Gasteiger charge is 2.23. The molecule has 1 N–H and O–H groups in total. The first kappa shape index (κ1) is 16.1. The van der Waals surface area contributed by atoms with E-state index in [1.165, 1.54) is 0 Å². The summed E-state index contributed by atoms with van der Waals surface area (Å²) in [6, 6.07) is 17.2. The molecule has 1 fully saturated rings. The Balaban J connectivity index is 1.57. The van der Waals surface area contributed by atoms with Crippen molar-refractivity contribution in [3.05, 3.63) is 60.2 Å². The summed E-state index contributed by atoms with van der Waals surface area (Å²) in [5, 5.41) is 2.90. The number of anilines is 2. The minimum atomic E-state index is -0.330. The largest absolute Gasteiger partial charge is 0.447 e. The van der Waals surface area contributed by atoms with Crippen molar-refractivity contribution in [2.45, 2.75) is 19.3 Å². The van der Waals surface area contributed by atoms with Crippen molar-refractivity contribution in [1.29, 1.82) is 0 Å². The Labute approximate surface area is 141 Å². The van der Waals surface area contributed by atoms with Crippen molar-refractivity contribution in [2.24, 2.45) is 0 Å². The molecule has 1 unspecified atom stereocenters. The standard InChI is InChI=1S/C19H20N2O3/c1-14(15-5-3-2-4-6-15)13-18(22)20-16-7-9-17(10-8-16)21-11-12-24-19(21)23/h2-10,14H,11-13H2,1H3,(H,20,22). The van der Waals surface area contributed by atoms with Crippen LogP contribution in [0.1, 0.15) is 24.8 Å². The molecule has 0 radical (unpaired) electrons. The summed E-state index contributed by atoms with van der Waals surface area (Å²) in [6.45, 7) is 3.00. The van der Waals surface area contributed by atoms with E-state index in [0.29, 0.717) is 19.6 Å². The third-order valence-electron chi connectivity index (χ3n) is 4.08. The van der Waals surface area contributed by atoms with E-state index in [0.717, 1.165) is 16.9 Å². The molecule has 0 bridgehead atoms. The molecule has 0 aromatic heterocycles. The lowest BCUT2D eigenvalue weighted by Gasteiger charge is -2.14. The van der Waals surface area contributed by atoms with Gasteiger partial charge in [0.15, 0.2) is 0 Å². The SMILES string of the molecule is CC(CC(=O)Nc1ccc(N2CCOC2=O)cc1)c1ccccc1. The Morgan fingerprint density at radius 3 is 2.50 bits per heavy atom. The molecule has 5 nitrogen and oxygen atoms in total. The molecule has 1 saturated heterocycles. The lowest BCUT2D eigenvalue weighted by atomic mass is 9.97. The van der Waals surface area contributed by atoms with Gasteiger partial charge in [0.05, 0.1) is 6.54 Å². The number of carbonyl (C=O) groups excluding carboxylic acids is 2. The van der Waals surface area contributed by atoms with Crippen molar-refractivity contribution in [2.75, 3.05) is 23.4 Å². The van der Waals surface area contributed by atoms with Crippen LogP contribution >= 0.6 is 0 Å². The molecular formula is C19H20N2O3. The molecule has 0 spiro atoms. The number of nitrogens with one attached hydrogen (secondary N) is 1. The summed E-state index contributed by atoms with van der Waals surface area (Å²) < 4.78 is 4.92. The summed E-state index contributed by atoms with van der Waals surface area (Å²) in [5.41, 5.74) is 2.64. The number of carbonyl (C=O) groups is 2. The van der Waals surface area contributed by atoms with Crippen molar-refractivity contribution in [1.82, 2.24) is 0 Å². The van der Waals surface area contributed by atoms with E-state index < -0.39 is 0 Å². The van der Waals surface area contributed by atoms with Gasteiger partial charge in [0.1, 0.15) is 6.61 Å². The molecule has 124 valence electrons. The number of nitrogens with zero attached hydrogens (tertiary/aromatic N) is 1. The van der Waals surface area contributed by atoms with E-state index >= 15 is 0 Å². The van der Waals surface area contributed by atoms with Gasteiger partial charge in [0.2, 0.25) is 5.91 Å². The van der Waals surface area contributed by atoms with Crippen LogP contribution in [0.2, 0.25) is 0 Å². The minimum Gasteiger partial charge on any atom is -0.447 e. The van der Waals surface area contributed by atoms with Gasteiger partial charge in [-0.05, 0) is 35.7 Å². The van der Waals surface area contributed by atoms with Gasteiger partial charge in [0.25, 0.3) is 0 Å². The second-order valence-electron chi connectivity index (χ2n) is 5.88. The van der Waals surface area contributed by atoms with Crippen LogP contribution in [0.15, 0.2) is 54.6 Å². The van der Waals surface area contributed by atoms with Gasteiger partial charge in [-0.1, -0.05) is 37.3 Å². The predicted molar refractivity (Wildman–Crippen MR) is 93.2 cm³/mol. The van der Waals surface area contributed by atoms with Gasteiger partial charge in [0, 0.05) is 17.8 Å². The average molecular weight is 324 g/mol. The first-order valence-electron chi connectivity index (χ1n) is 8.02. The van der Waals surface area contributed by atoms with E-state index in [2.05, 4.69) is 5.32 Å². The fourth-order valence-electron chi connectivity index (χ4n) is 2.74. The van der Waals surface area contributed by atoms with Crippen LogP contribution in [0.3, 0.4) is 0 Å². The van der Waals surface area contributed by atoms with Crippen LogP contribution in [0.25, 0.3) is 0 Å². The Morgan fingerprint density at radius 2 is 1.88 bits per heavy atom. The lowest BCUT2D eigenvalue weighted by Crippen LogP contribution is -2.23. The number of rotatable bonds is 5. The number of amides is 2. The third kappa shape index (κ3) is 3.74. The van der Waals surface area contributed by atoms with Gasteiger partial charge in [-0.2, -0.15) is 0 Å². The molecule has 1 heterocycles. The van der Waals surface area contributed by atoms with E-state index in [1.54, 1.807) is 17.0 Å². The summed E-state index contributed by atoms with van der Waals surface area (Å²) >= 11 is 0. The van der Waals surface area contributed by atoms with E-state index in [9.17, 15) is 9.59 Å². The minimum absolute atomic E-state index is 0.0281. The van der Waals surface area contributed by atoms with Crippen LogP contribution < -0.4 is 10.2 Å². The fourth-order valence-corrected chi connectivity index (χ4v) is 2.74. The zero-order valence-electron chi connectivity index (χ0n) is 13.6. The lowest BCUT2D eigenvalue weighted by molar-refractivity contribution is -0.116. The van der Waals surface area contributed by atoms with Gasteiger partial charge >= 0.3 is 6.09 Å². The second kappa shape index (κ2) is 7.17. The molecule has 5 heteroatoms. The van der Waals surface area contributed by atoms with Crippen LogP contribution in [-0.2, 0) is 9.53 Å². The van der Waals surface area contributed by atoms with Gasteiger partial charge in [-0.15, -0.1) is 0 Å². The molecule has 3 rings (SSSR count). The van der Waals surface area contributed by atoms with Crippen molar-refractivity contribution in [3.63, 3.8) is 0 Å². The zero-order valence-corrected chi connectivity index (χ0v) is 13.6. The smallest absolute Gasteiger partial charge is 0.414 e. The molecule has 1 atom stereocenters. The van der Waals surface area contributed by atoms with Gasteiger partial charge in [-0.25, -0.2) is 4.79 Å². The molecule has 1 aliphatic rings. The Morgan fingerprint density at radius 1 is 1.17 bits per heavy atom. The average Bonchev–Trinajstić information content (AvgIpc) is 3.02. The Bertz CT molecular complexity index is 713. The number of hydrogen-bond acceptors (Lipinski definition) is 3. The first-order chi connectivity index (χ1) is 11.6. The maximum atomic E-state index is 12.2. The van der Waals surface area contributed by atoms with Crippen molar-refractivity contribution < 1.29 is 14.3 Å². The normalized spacial score (nSPS) is 15.0. The molecule has 1 aliphatic heterocycles. The topological polar surface area (TPSA) is 58.6 Å². The van der Waals surface area contributed by atoms with Crippen LogP contribution in [0, 0.1) is 0 Å². The van der Waals surface area contributed by atoms with Crippen LogP contribution in [0.4, 0.5) is 16.2 Å². The maximum absolute atomic E-state index is 12.2. The molecule has 2 aromatic carbocycles. The van der Waals surface area contributed by atoms with E-state index in [-0.39, 0.29) is 17.9 Å². The van der Waals surface area contributed by atoms with Crippen molar-refractivity contribution in [3.8, 4) is 0 Å². The fraction of sp³-hybridized carbons (Fsp3) is 0.263. The van der Waals surface area contributed by atoms with Crippen LogP contribution in [-0.4, -0.2) is 25.2 Å². The van der Waals surface area contributed by atoms with Crippen molar-refractivity contribution >= 4 is 23.4 Å². The van der Waals surface area contributed by atoms with Crippen LogP contribution in [0.5, 0.6) is 0 Å². The second-order valence-corrected chi connectivity index (χ2v) is 5.88. The number of ether oxygens (including phenoxy) is 1. The highest BCUT2D eigenvalue weighted by atomic mass is 16.6. The summed E-state index contributed by atoms with van der Waals surface area (Å²) in [5.74, 6) is 0.129. The monoisotopic (exact) mass is 324 g/mol. The molecular weight excluding hydrogens is 304 g/mol. The number of benzene rings is 2. The van der Waals surface area contributed by atoms with Gasteiger partial charge < -0.3 is 10.1 Å². The Kier molecular flexibility index (Phi) is 4.79. The molecule has 0 aliphatic carbocycles. The molecule has 2 aromatic rings. The number of cyclic esters (lactones) is 1. The molecule has 0 saturated carbocycles. The summed E-state index contributed by atoms with van der Waals surface area (Å²) in [4.78, 5) is 25.3. The highest BCUT2D eigenvalue weighted by molar-refractivity contribution is 5.92. The summed E-state index contributed by atoms with van der Waals surface area (Å²) in [6.07, 6.45) is 0.0907. The first-order valence-corrected chi connectivity index (χ1v) is 8.02. The quantitative estimate of drug-likeness (QED) is 0.910. The Hall–Kier alpha value is -2.82. The van der Waals surface area contributed by atoms with E-state index in [1.807, 2.05) is 49.4 Å². The molecule has 2 amide bonds. The highest BCUT2D eigenvalue weighted by Crippen LogP contribution is 2.22. The third-order valence-corrected chi connectivity index (χ3v) is 4.08. The maximum Gasteiger partial charge on any atom is 0.414 e. The summed E-state index contributed by atoms with van der Waals surface area (Å²) in [7, 11) is 0. The zero-order chi connectivity index (χ0) is 16.9. The molecule has 24 heavy (non-hydrogen) atoms. The van der Waals surface area contributed by atoms with E-state index in [4.69, 9.17) is 4.74 Å². The predicted octanol–water partition coefficient (Wildman–Crippen LogP) is 3.78. The van der Waals surface area contributed by atoms with Gasteiger partial charge in [-0.3, -0.25) is 9.69 Å².